The summed E-state index contributed by atoms with van der Waals surface area (Å²) in [7, 11) is 0. The standard InChI is InChI=1S/C20H18BrN5/c1-13-14(2)26(17-9-8-16(21)10-23-17)20-18(13)19(22)25(12-24-20)11-15-6-4-3-5-7-15/h3-10,12,22H,11H2,1-2H3. The van der Waals surface area contributed by atoms with Crippen molar-refractivity contribution in [1.82, 2.24) is 19.1 Å². The number of pyridine rings is 1. The Kier molecular flexibility index (Phi) is 4.20. The topological polar surface area (TPSA) is 59.5 Å². The first-order valence-electron chi connectivity index (χ1n) is 8.34. The van der Waals surface area contributed by atoms with Crippen LogP contribution in [0.25, 0.3) is 16.9 Å². The number of aromatic nitrogens is 4. The summed E-state index contributed by atoms with van der Waals surface area (Å²) in [5.41, 5.74) is 4.49. The molecule has 0 radical (unpaired) electrons. The number of nitrogens with one attached hydrogen (secondary N) is 1. The molecule has 0 unspecified atom stereocenters. The molecule has 0 aliphatic heterocycles. The van der Waals surface area contributed by atoms with E-state index in [1.165, 1.54) is 0 Å². The lowest BCUT2D eigenvalue weighted by Crippen LogP contribution is -2.21. The van der Waals surface area contributed by atoms with Gasteiger partial charge in [-0.3, -0.25) is 9.98 Å². The third kappa shape index (κ3) is 2.76. The Hall–Kier alpha value is -2.73. The van der Waals surface area contributed by atoms with Gasteiger partial charge < -0.3 is 4.57 Å². The van der Waals surface area contributed by atoms with Crippen LogP contribution in [-0.2, 0) is 6.54 Å². The van der Waals surface area contributed by atoms with E-state index in [9.17, 15) is 0 Å². The van der Waals surface area contributed by atoms with Crippen molar-refractivity contribution in [3.63, 3.8) is 0 Å². The number of hydrogen-bond donors (Lipinski definition) is 1. The van der Waals surface area contributed by atoms with E-state index in [4.69, 9.17) is 5.41 Å². The van der Waals surface area contributed by atoms with Crippen molar-refractivity contribution in [3.8, 4) is 5.82 Å². The number of halogens is 1. The van der Waals surface area contributed by atoms with E-state index < -0.39 is 0 Å². The highest BCUT2D eigenvalue weighted by Crippen LogP contribution is 2.24. The zero-order chi connectivity index (χ0) is 18.3. The molecule has 0 saturated carbocycles. The molecule has 26 heavy (non-hydrogen) atoms. The summed E-state index contributed by atoms with van der Waals surface area (Å²) < 4.78 is 4.83. The highest BCUT2D eigenvalue weighted by Gasteiger charge is 2.17. The van der Waals surface area contributed by atoms with E-state index in [1.807, 2.05) is 53.3 Å². The maximum Gasteiger partial charge on any atom is 0.151 e. The predicted molar refractivity (Wildman–Crippen MR) is 105 cm³/mol. The van der Waals surface area contributed by atoms with Crippen molar-refractivity contribution in [2.75, 3.05) is 0 Å². The van der Waals surface area contributed by atoms with Gasteiger partial charge >= 0.3 is 0 Å². The number of fused-ring (bicyclic) bond motifs is 1. The van der Waals surface area contributed by atoms with Crippen LogP contribution in [0, 0.1) is 19.3 Å². The molecule has 0 aliphatic rings. The van der Waals surface area contributed by atoms with Crippen molar-refractivity contribution in [3.05, 3.63) is 81.8 Å². The third-order valence-electron chi connectivity index (χ3n) is 4.67. The van der Waals surface area contributed by atoms with E-state index in [-0.39, 0.29) is 0 Å². The Morgan fingerprint density at radius 2 is 1.81 bits per heavy atom. The monoisotopic (exact) mass is 407 g/mol. The number of rotatable bonds is 3. The molecule has 1 aromatic carbocycles. The fourth-order valence-corrected chi connectivity index (χ4v) is 3.43. The van der Waals surface area contributed by atoms with Gasteiger partial charge in [0.1, 0.15) is 11.3 Å². The van der Waals surface area contributed by atoms with Crippen LogP contribution < -0.4 is 5.49 Å². The minimum Gasteiger partial charge on any atom is -0.312 e. The molecular formula is C20H18BrN5. The lowest BCUT2D eigenvalue weighted by Gasteiger charge is -2.09. The first kappa shape index (κ1) is 16.7. The highest BCUT2D eigenvalue weighted by molar-refractivity contribution is 9.10. The van der Waals surface area contributed by atoms with Crippen molar-refractivity contribution < 1.29 is 0 Å². The average molecular weight is 408 g/mol. The summed E-state index contributed by atoms with van der Waals surface area (Å²) in [6, 6.07) is 14.1. The van der Waals surface area contributed by atoms with Crippen molar-refractivity contribution >= 4 is 27.0 Å². The zero-order valence-electron chi connectivity index (χ0n) is 14.6. The van der Waals surface area contributed by atoms with Gasteiger partial charge in [-0.15, -0.1) is 0 Å². The second-order valence-electron chi connectivity index (χ2n) is 6.29. The fraction of sp³-hybridized carbons (Fsp3) is 0.150. The quantitative estimate of drug-likeness (QED) is 0.554. The summed E-state index contributed by atoms with van der Waals surface area (Å²) in [5.74, 6) is 0.802. The molecule has 0 bridgehead atoms. The van der Waals surface area contributed by atoms with Crippen LogP contribution >= 0.6 is 15.9 Å². The molecule has 5 nitrogen and oxygen atoms in total. The van der Waals surface area contributed by atoms with E-state index >= 15 is 0 Å². The Labute approximate surface area is 159 Å². The summed E-state index contributed by atoms with van der Waals surface area (Å²) in [4.78, 5) is 9.17. The number of benzene rings is 1. The van der Waals surface area contributed by atoms with Crippen LogP contribution in [0.2, 0.25) is 0 Å². The molecule has 0 amide bonds. The lowest BCUT2D eigenvalue weighted by molar-refractivity contribution is 0.721. The van der Waals surface area contributed by atoms with Crippen LogP contribution in [0.4, 0.5) is 0 Å². The molecule has 4 aromatic rings. The van der Waals surface area contributed by atoms with Crippen LogP contribution in [0.3, 0.4) is 0 Å². The summed E-state index contributed by atoms with van der Waals surface area (Å²) in [6.45, 7) is 4.71. The summed E-state index contributed by atoms with van der Waals surface area (Å²) in [5, 5.41) is 9.58. The van der Waals surface area contributed by atoms with Crippen LogP contribution in [0.1, 0.15) is 16.8 Å². The molecule has 0 atom stereocenters. The summed E-state index contributed by atoms with van der Waals surface area (Å²) in [6.07, 6.45) is 3.52. The fourth-order valence-electron chi connectivity index (χ4n) is 3.20. The third-order valence-corrected chi connectivity index (χ3v) is 5.14. The predicted octanol–water partition coefficient (Wildman–Crippen LogP) is 4.13. The molecule has 0 saturated heterocycles. The van der Waals surface area contributed by atoms with E-state index in [0.29, 0.717) is 12.0 Å². The molecule has 0 spiro atoms. The van der Waals surface area contributed by atoms with Gasteiger partial charge in [-0.1, -0.05) is 30.3 Å². The van der Waals surface area contributed by atoms with Crippen LogP contribution in [0.5, 0.6) is 0 Å². The van der Waals surface area contributed by atoms with Gasteiger partial charge in [-0.05, 0) is 53.0 Å². The number of hydrogen-bond acceptors (Lipinski definition) is 3. The normalized spacial score (nSPS) is 11.2. The van der Waals surface area contributed by atoms with Crippen molar-refractivity contribution in [2.24, 2.45) is 0 Å². The van der Waals surface area contributed by atoms with Gasteiger partial charge in [-0.2, -0.15) is 0 Å². The number of nitrogens with zero attached hydrogens (tertiary/aromatic N) is 4. The smallest absolute Gasteiger partial charge is 0.151 e. The van der Waals surface area contributed by atoms with Gasteiger partial charge in [0.15, 0.2) is 5.65 Å². The maximum absolute atomic E-state index is 8.72. The zero-order valence-corrected chi connectivity index (χ0v) is 16.2. The van der Waals surface area contributed by atoms with Crippen molar-refractivity contribution in [1.29, 1.82) is 5.41 Å². The SMILES string of the molecule is Cc1c(C)n(-c2ccc(Br)cn2)c2ncn(Cc3ccccc3)c(=N)c12. The van der Waals surface area contributed by atoms with Gasteiger partial charge in [0.25, 0.3) is 0 Å². The molecule has 3 heterocycles. The van der Waals surface area contributed by atoms with Gasteiger partial charge in [0, 0.05) is 16.4 Å². The Bertz CT molecular complexity index is 1140. The second-order valence-corrected chi connectivity index (χ2v) is 7.20. The Morgan fingerprint density at radius 1 is 1.04 bits per heavy atom. The van der Waals surface area contributed by atoms with Gasteiger partial charge in [0.2, 0.25) is 0 Å². The Balaban J connectivity index is 1.90. The molecule has 0 aliphatic carbocycles. The van der Waals surface area contributed by atoms with Gasteiger partial charge in [-0.25, -0.2) is 9.97 Å². The van der Waals surface area contributed by atoms with Gasteiger partial charge in [0.05, 0.1) is 18.3 Å². The molecular weight excluding hydrogens is 390 g/mol. The minimum absolute atomic E-state index is 0.468. The first-order valence-corrected chi connectivity index (χ1v) is 9.13. The summed E-state index contributed by atoms with van der Waals surface area (Å²) >= 11 is 3.42. The first-order chi connectivity index (χ1) is 12.6. The van der Waals surface area contributed by atoms with E-state index in [0.717, 1.165) is 38.1 Å². The largest absolute Gasteiger partial charge is 0.312 e. The Morgan fingerprint density at radius 3 is 2.50 bits per heavy atom. The molecule has 6 heteroatoms. The van der Waals surface area contributed by atoms with Crippen molar-refractivity contribution in [2.45, 2.75) is 20.4 Å². The molecule has 130 valence electrons. The molecule has 3 aromatic heterocycles. The van der Waals surface area contributed by atoms with E-state index in [1.54, 1.807) is 12.5 Å². The maximum atomic E-state index is 8.72. The average Bonchev–Trinajstić information content (AvgIpc) is 2.91. The van der Waals surface area contributed by atoms with E-state index in [2.05, 4.69) is 38.0 Å². The van der Waals surface area contributed by atoms with Crippen LogP contribution in [-0.4, -0.2) is 19.1 Å². The lowest BCUT2D eigenvalue weighted by atomic mass is 10.2. The van der Waals surface area contributed by atoms with Crippen LogP contribution in [0.15, 0.2) is 59.5 Å². The number of aryl methyl sites for hydroxylation is 1. The second kappa shape index (κ2) is 6.53. The molecule has 0 fully saturated rings. The highest BCUT2D eigenvalue weighted by atomic mass is 79.9. The molecule has 4 rings (SSSR count). The minimum atomic E-state index is 0.468. The molecule has 1 N–H and O–H groups in total.